The molecule has 3 aromatic rings. The molecule has 0 fully saturated rings. The lowest BCUT2D eigenvalue weighted by Gasteiger charge is -2.11. The lowest BCUT2D eigenvalue weighted by molar-refractivity contribution is -0.137. The first-order valence-corrected chi connectivity index (χ1v) is 6.78. The summed E-state index contributed by atoms with van der Waals surface area (Å²) in [5.41, 5.74) is 0.288. The van der Waals surface area contributed by atoms with Crippen LogP contribution >= 0.6 is 0 Å². The molecular formula is C17H11F4NO. The van der Waals surface area contributed by atoms with Crippen molar-refractivity contribution >= 4 is 17.2 Å². The molecule has 118 valence electrons. The first-order valence-electron chi connectivity index (χ1n) is 6.78. The van der Waals surface area contributed by atoms with E-state index in [1.54, 1.807) is 35.0 Å². The highest BCUT2D eigenvalue weighted by atomic mass is 19.4. The number of nitrogens with zero attached hydrogens (tertiary/aromatic N) is 1. The van der Waals surface area contributed by atoms with E-state index in [1.165, 1.54) is 0 Å². The number of hydrogen-bond donors (Lipinski definition) is 0. The highest BCUT2D eigenvalue weighted by molar-refractivity contribution is 5.97. The van der Waals surface area contributed by atoms with E-state index in [0.29, 0.717) is 28.8 Å². The lowest BCUT2D eigenvalue weighted by atomic mass is 10.1. The van der Waals surface area contributed by atoms with Crippen LogP contribution in [0.1, 0.15) is 21.5 Å². The first-order chi connectivity index (χ1) is 10.9. The number of fused-ring (bicyclic) bond motifs is 1. The number of aldehydes is 1. The second kappa shape index (κ2) is 5.53. The van der Waals surface area contributed by atoms with Gasteiger partial charge in [0.05, 0.1) is 5.56 Å². The van der Waals surface area contributed by atoms with E-state index in [4.69, 9.17) is 0 Å². The van der Waals surface area contributed by atoms with E-state index >= 15 is 0 Å². The van der Waals surface area contributed by atoms with Crippen LogP contribution < -0.4 is 0 Å². The summed E-state index contributed by atoms with van der Waals surface area (Å²) < 4.78 is 53.4. The van der Waals surface area contributed by atoms with Gasteiger partial charge in [-0.1, -0.05) is 18.2 Å². The number of carbonyl (C=O) groups is 1. The van der Waals surface area contributed by atoms with Gasteiger partial charge < -0.3 is 4.57 Å². The SMILES string of the molecule is O=Cc1cn(Cc2cc(F)cc(C(F)(F)F)c2)c2ccccc12. The maximum absolute atomic E-state index is 13.5. The van der Waals surface area contributed by atoms with Crippen molar-refractivity contribution in [1.82, 2.24) is 4.57 Å². The fraction of sp³-hybridized carbons (Fsp3) is 0.118. The van der Waals surface area contributed by atoms with Gasteiger partial charge in [0.1, 0.15) is 5.82 Å². The average Bonchev–Trinajstić information content (AvgIpc) is 2.84. The summed E-state index contributed by atoms with van der Waals surface area (Å²) in [6.07, 6.45) is -2.37. The van der Waals surface area contributed by atoms with Gasteiger partial charge in [-0.15, -0.1) is 0 Å². The molecule has 0 aliphatic carbocycles. The zero-order valence-corrected chi connectivity index (χ0v) is 11.8. The Morgan fingerprint density at radius 2 is 1.83 bits per heavy atom. The van der Waals surface area contributed by atoms with E-state index in [0.717, 1.165) is 12.1 Å². The summed E-state index contributed by atoms with van der Waals surface area (Å²) in [7, 11) is 0. The predicted octanol–water partition coefficient (Wildman–Crippen LogP) is 4.66. The van der Waals surface area contributed by atoms with E-state index < -0.39 is 17.6 Å². The molecule has 1 heterocycles. The number of para-hydroxylation sites is 1. The summed E-state index contributed by atoms with van der Waals surface area (Å²) in [5.74, 6) is -0.943. The minimum Gasteiger partial charge on any atom is -0.342 e. The second-order valence-corrected chi connectivity index (χ2v) is 5.19. The van der Waals surface area contributed by atoms with Crippen LogP contribution in [0.25, 0.3) is 10.9 Å². The van der Waals surface area contributed by atoms with Gasteiger partial charge in [0.25, 0.3) is 0 Å². The molecule has 2 nitrogen and oxygen atoms in total. The number of alkyl halides is 3. The molecule has 0 amide bonds. The highest BCUT2D eigenvalue weighted by Gasteiger charge is 2.31. The van der Waals surface area contributed by atoms with E-state index in [1.807, 2.05) is 0 Å². The molecule has 2 aromatic carbocycles. The molecule has 0 bridgehead atoms. The predicted molar refractivity (Wildman–Crippen MR) is 77.8 cm³/mol. The summed E-state index contributed by atoms with van der Waals surface area (Å²) in [6, 6.07) is 9.48. The highest BCUT2D eigenvalue weighted by Crippen LogP contribution is 2.31. The first kappa shape index (κ1) is 15.3. The molecule has 6 heteroatoms. The summed E-state index contributed by atoms with van der Waals surface area (Å²) in [5, 5.41) is 0.704. The van der Waals surface area contributed by atoms with Gasteiger partial charge in [-0.05, 0) is 29.8 Å². The zero-order chi connectivity index (χ0) is 16.6. The van der Waals surface area contributed by atoms with Gasteiger partial charge in [-0.25, -0.2) is 4.39 Å². The third kappa shape index (κ3) is 2.97. The zero-order valence-electron chi connectivity index (χ0n) is 11.8. The van der Waals surface area contributed by atoms with Crippen LogP contribution in [-0.2, 0) is 12.7 Å². The Bertz CT molecular complexity index is 880. The Kier molecular flexibility index (Phi) is 3.67. The molecule has 0 radical (unpaired) electrons. The Labute approximate surface area is 129 Å². The molecule has 0 aliphatic rings. The van der Waals surface area contributed by atoms with Crippen molar-refractivity contribution in [2.75, 3.05) is 0 Å². The van der Waals surface area contributed by atoms with Gasteiger partial charge in [-0.3, -0.25) is 4.79 Å². The van der Waals surface area contributed by atoms with Crippen molar-refractivity contribution in [3.63, 3.8) is 0 Å². The van der Waals surface area contributed by atoms with Crippen molar-refractivity contribution in [2.45, 2.75) is 12.7 Å². The Hall–Kier alpha value is -2.63. The second-order valence-electron chi connectivity index (χ2n) is 5.19. The Morgan fingerprint density at radius 3 is 2.52 bits per heavy atom. The quantitative estimate of drug-likeness (QED) is 0.508. The van der Waals surface area contributed by atoms with E-state index in [2.05, 4.69) is 0 Å². The number of rotatable bonds is 3. The standard InChI is InChI=1S/C17H11F4NO/c18-14-6-11(5-13(7-14)17(19,20)21)8-22-9-12(10-23)15-3-1-2-4-16(15)22/h1-7,9-10H,8H2. The Balaban J connectivity index is 2.06. The van der Waals surface area contributed by atoms with Crippen LogP contribution in [0.4, 0.5) is 17.6 Å². The van der Waals surface area contributed by atoms with Crippen LogP contribution in [0.2, 0.25) is 0 Å². The molecule has 0 saturated heterocycles. The lowest BCUT2D eigenvalue weighted by Crippen LogP contribution is -2.07. The number of benzene rings is 2. The van der Waals surface area contributed by atoms with E-state index in [-0.39, 0.29) is 12.1 Å². The summed E-state index contributed by atoms with van der Waals surface area (Å²) in [6.45, 7) is 0.0369. The Morgan fingerprint density at radius 1 is 1.09 bits per heavy atom. The molecule has 0 spiro atoms. The maximum atomic E-state index is 13.5. The topological polar surface area (TPSA) is 22.0 Å². The molecule has 23 heavy (non-hydrogen) atoms. The molecular weight excluding hydrogens is 310 g/mol. The van der Waals surface area contributed by atoms with Gasteiger partial charge in [0.2, 0.25) is 0 Å². The molecule has 3 rings (SSSR count). The van der Waals surface area contributed by atoms with Crippen LogP contribution in [-0.4, -0.2) is 10.9 Å². The van der Waals surface area contributed by atoms with Crippen molar-refractivity contribution < 1.29 is 22.4 Å². The van der Waals surface area contributed by atoms with Crippen LogP contribution in [0.15, 0.2) is 48.7 Å². The number of halogens is 4. The fourth-order valence-corrected chi connectivity index (χ4v) is 2.60. The van der Waals surface area contributed by atoms with Crippen molar-refractivity contribution in [3.05, 3.63) is 71.2 Å². The van der Waals surface area contributed by atoms with E-state index in [9.17, 15) is 22.4 Å². The van der Waals surface area contributed by atoms with Crippen LogP contribution in [0.3, 0.4) is 0 Å². The normalized spacial score (nSPS) is 11.8. The smallest absolute Gasteiger partial charge is 0.342 e. The van der Waals surface area contributed by atoms with Crippen molar-refractivity contribution in [1.29, 1.82) is 0 Å². The van der Waals surface area contributed by atoms with Crippen LogP contribution in [0, 0.1) is 5.82 Å². The third-order valence-electron chi connectivity index (χ3n) is 3.58. The molecule has 0 aliphatic heterocycles. The minimum atomic E-state index is -4.61. The number of carbonyl (C=O) groups excluding carboxylic acids is 1. The monoisotopic (exact) mass is 321 g/mol. The van der Waals surface area contributed by atoms with Crippen molar-refractivity contribution in [2.24, 2.45) is 0 Å². The molecule has 1 aromatic heterocycles. The average molecular weight is 321 g/mol. The fourth-order valence-electron chi connectivity index (χ4n) is 2.60. The molecule has 0 saturated carbocycles. The van der Waals surface area contributed by atoms with Gasteiger partial charge in [0, 0.05) is 29.2 Å². The maximum Gasteiger partial charge on any atom is 0.416 e. The van der Waals surface area contributed by atoms with Gasteiger partial charge in [0.15, 0.2) is 6.29 Å². The molecule has 0 N–H and O–H groups in total. The molecule has 0 atom stereocenters. The number of hydrogen-bond acceptors (Lipinski definition) is 1. The van der Waals surface area contributed by atoms with Gasteiger partial charge >= 0.3 is 6.18 Å². The summed E-state index contributed by atoms with van der Waals surface area (Å²) in [4.78, 5) is 11.1. The molecule has 0 unspecified atom stereocenters. The third-order valence-corrected chi connectivity index (χ3v) is 3.58. The van der Waals surface area contributed by atoms with Gasteiger partial charge in [-0.2, -0.15) is 13.2 Å². The van der Waals surface area contributed by atoms with Crippen LogP contribution in [0.5, 0.6) is 0 Å². The summed E-state index contributed by atoms with van der Waals surface area (Å²) >= 11 is 0. The minimum absolute atomic E-state index is 0.0369. The number of aromatic nitrogens is 1. The largest absolute Gasteiger partial charge is 0.416 e. The van der Waals surface area contributed by atoms with Crippen molar-refractivity contribution in [3.8, 4) is 0 Å².